The van der Waals surface area contributed by atoms with E-state index in [4.69, 9.17) is 18.9 Å². The summed E-state index contributed by atoms with van der Waals surface area (Å²) in [4.78, 5) is 53.0. The standard InChI is InChI=1S/C30H24O11/c1-10-5-12-7-14-9-16(38-3)21(25(33)17(14)24(32)18(12)29(36)40-10)22-27(35)20-15(23(31)28(22)39-4)8-13-6-11(2)41-30(37)19(13)26(20)34/h7-11,32-34H,5-6H2,1-4H3. The number of carbonyl (C=O) groups excluding carboxylic acids is 4. The van der Waals surface area contributed by atoms with E-state index >= 15 is 0 Å². The van der Waals surface area contributed by atoms with Crippen molar-refractivity contribution in [1.82, 2.24) is 0 Å². The highest BCUT2D eigenvalue weighted by Crippen LogP contribution is 2.50. The average Bonchev–Trinajstić information content (AvgIpc) is 2.89. The molecule has 3 aliphatic rings. The first-order valence-corrected chi connectivity index (χ1v) is 12.8. The molecule has 0 fully saturated rings. The molecule has 2 heterocycles. The van der Waals surface area contributed by atoms with Gasteiger partial charge >= 0.3 is 11.9 Å². The molecular weight excluding hydrogens is 536 g/mol. The van der Waals surface area contributed by atoms with Crippen LogP contribution in [-0.4, -0.2) is 65.3 Å². The molecule has 0 amide bonds. The third-order valence-corrected chi connectivity index (χ3v) is 7.65. The Morgan fingerprint density at radius 3 is 1.85 bits per heavy atom. The number of aromatic hydroxyl groups is 3. The number of Topliss-reactive ketones (excluding diaryl/α,β-unsaturated/α-hetero) is 2. The summed E-state index contributed by atoms with van der Waals surface area (Å²) in [6.07, 6.45) is -0.400. The molecule has 11 nitrogen and oxygen atoms in total. The van der Waals surface area contributed by atoms with E-state index in [2.05, 4.69) is 0 Å². The lowest BCUT2D eigenvalue weighted by molar-refractivity contribution is 0.0286. The number of carbonyl (C=O) groups is 4. The first kappa shape index (κ1) is 26.2. The third kappa shape index (κ3) is 3.58. The fraction of sp³-hybridized carbons (Fsp3) is 0.267. The molecule has 3 aromatic rings. The Morgan fingerprint density at radius 2 is 1.27 bits per heavy atom. The van der Waals surface area contributed by atoms with Crippen LogP contribution >= 0.6 is 0 Å². The largest absolute Gasteiger partial charge is 0.506 e. The molecule has 41 heavy (non-hydrogen) atoms. The van der Waals surface area contributed by atoms with Gasteiger partial charge < -0.3 is 34.3 Å². The zero-order chi connectivity index (χ0) is 29.5. The van der Waals surface area contributed by atoms with E-state index in [0.717, 1.165) is 0 Å². The maximum atomic E-state index is 14.1. The molecule has 0 bridgehead atoms. The van der Waals surface area contributed by atoms with Gasteiger partial charge in [0.15, 0.2) is 5.76 Å². The second-order valence-electron chi connectivity index (χ2n) is 10.2. The van der Waals surface area contributed by atoms with Crippen molar-refractivity contribution in [3.8, 4) is 23.0 Å². The number of phenolic OH excluding ortho intramolecular Hbond substituents is 3. The van der Waals surface area contributed by atoms with E-state index in [9.17, 15) is 34.5 Å². The quantitative estimate of drug-likeness (QED) is 0.401. The molecule has 0 saturated heterocycles. The van der Waals surface area contributed by atoms with Crippen LogP contribution in [0.3, 0.4) is 0 Å². The van der Waals surface area contributed by atoms with Gasteiger partial charge in [0.2, 0.25) is 11.6 Å². The minimum absolute atomic E-state index is 0.0550. The molecular formula is C30H24O11. The predicted octanol–water partition coefficient (Wildman–Crippen LogP) is 3.60. The average molecular weight is 561 g/mol. The van der Waals surface area contributed by atoms with Crippen LogP contribution in [0.5, 0.6) is 23.0 Å². The number of methoxy groups -OCH3 is 2. The first-order chi connectivity index (χ1) is 19.5. The van der Waals surface area contributed by atoms with Crippen molar-refractivity contribution in [2.24, 2.45) is 0 Å². The van der Waals surface area contributed by atoms with Gasteiger partial charge in [-0.15, -0.1) is 0 Å². The van der Waals surface area contributed by atoms with Crippen molar-refractivity contribution < 1.29 is 53.4 Å². The van der Waals surface area contributed by atoms with E-state index in [-0.39, 0.29) is 39.8 Å². The Bertz CT molecular complexity index is 1800. The summed E-state index contributed by atoms with van der Waals surface area (Å²) in [5, 5.41) is 33.9. The Hall–Kier alpha value is -5.06. The second kappa shape index (κ2) is 8.98. The normalized spacial score (nSPS) is 19.8. The molecule has 2 atom stereocenters. The summed E-state index contributed by atoms with van der Waals surface area (Å²) in [6.45, 7) is 3.36. The van der Waals surface area contributed by atoms with Gasteiger partial charge in [-0.3, -0.25) is 9.59 Å². The number of ketones is 2. The molecule has 11 heteroatoms. The molecule has 2 aliphatic heterocycles. The highest BCUT2D eigenvalue weighted by molar-refractivity contribution is 6.42. The van der Waals surface area contributed by atoms with Crippen LogP contribution < -0.4 is 4.74 Å². The number of hydrogen-bond donors (Lipinski definition) is 3. The van der Waals surface area contributed by atoms with E-state index in [1.165, 1.54) is 26.4 Å². The number of fused-ring (bicyclic) bond motifs is 4. The van der Waals surface area contributed by atoms with Crippen LogP contribution in [0.4, 0.5) is 0 Å². The fourth-order valence-electron chi connectivity index (χ4n) is 5.95. The van der Waals surface area contributed by atoms with E-state index < -0.39 is 69.9 Å². The van der Waals surface area contributed by atoms with Crippen LogP contribution in [0.1, 0.15) is 72.0 Å². The Balaban J connectivity index is 1.65. The Kier molecular flexibility index (Phi) is 5.73. The van der Waals surface area contributed by atoms with E-state index in [1.54, 1.807) is 19.9 Å². The van der Waals surface area contributed by atoms with Crippen LogP contribution in [0.25, 0.3) is 16.3 Å². The van der Waals surface area contributed by atoms with Gasteiger partial charge in [0, 0.05) is 18.4 Å². The molecule has 6 rings (SSSR count). The lowest BCUT2D eigenvalue weighted by atomic mass is 9.80. The van der Waals surface area contributed by atoms with Gasteiger partial charge in [0.25, 0.3) is 0 Å². The molecule has 0 saturated carbocycles. The van der Waals surface area contributed by atoms with E-state index in [1.807, 2.05) is 0 Å². The molecule has 3 aromatic carbocycles. The van der Waals surface area contributed by atoms with Gasteiger partial charge in [-0.05, 0) is 48.6 Å². The van der Waals surface area contributed by atoms with Crippen LogP contribution in [0.15, 0.2) is 24.0 Å². The monoisotopic (exact) mass is 560 g/mol. The number of phenols is 3. The highest BCUT2D eigenvalue weighted by atomic mass is 16.5. The third-order valence-electron chi connectivity index (χ3n) is 7.65. The molecule has 0 spiro atoms. The molecule has 2 unspecified atom stereocenters. The molecule has 1 aliphatic carbocycles. The van der Waals surface area contributed by atoms with Gasteiger partial charge in [-0.25, -0.2) is 9.59 Å². The van der Waals surface area contributed by atoms with Crippen molar-refractivity contribution in [1.29, 1.82) is 0 Å². The summed E-state index contributed by atoms with van der Waals surface area (Å²) < 4.78 is 21.4. The number of cyclic esters (lactones) is 2. The van der Waals surface area contributed by atoms with Gasteiger partial charge in [-0.2, -0.15) is 0 Å². The van der Waals surface area contributed by atoms with Crippen molar-refractivity contribution >= 4 is 39.9 Å². The predicted molar refractivity (Wildman–Crippen MR) is 142 cm³/mol. The smallest absolute Gasteiger partial charge is 0.342 e. The van der Waals surface area contributed by atoms with Gasteiger partial charge in [-0.1, -0.05) is 0 Å². The summed E-state index contributed by atoms with van der Waals surface area (Å²) >= 11 is 0. The number of benzene rings is 3. The SMILES string of the molecule is COC1=C(c2c(OC)cc3cc4c(c(O)c3c2O)C(=O)OC(C)C4)C(=O)c2c(cc3c(c2O)C(=O)OC(C)C3)C1=O. The van der Waals surface area contributed by atoms with Crippen molar-refractivity contribution in [3.63, 3.8) is 0 Å². The number of rotatable bonds is 3. The van der Waals surface area contributed by atoms with Gasteiger partial charge in [0.05, 0.1) is 36.3 Å². The Morgan fingerprint density at radius 1 is 0.707 bits per heavy atom. The van der Waals surface area contributed by atoms with Crippen molar-refractivity contribution in [2.45, 2.75) is 38.9 Å². The maximum Gasteiger partial charge on any atom is 0.342 e. The Labute approximate surface area is 232 Å². The summed E-state index contributed by atoms with van der Waals surface area (Å²) in [6, 6.07) is 4.40. The molecule has 3 N–H and O–H groups in total. The molecule has 210 valence electrons. The zero-order valence-electron chi connectivity index (χ0n) is 22.4. The zero-order valence-corrected chi connectivity index (χ0v) is 22.4. The first-order valence-electron chi connectivity index (χ1n) is 12.8. The lowest BCUT2D eigenvalue weighted by Crippen LogP contribution is -2.29. The van der Waals surface area contributed by atoms with Crippen LogP contribution in [-0.2, 0) is 27.1 Å². The number of esters is 2. The van der Waals surface area contributed by atoms with Crippen molar-refractivity contribution in [2.75, 3.05) is 14.2 Å². The van der Waals surface area contributed by atoms with Crippen LogP contribution in [0.2, 0.25) is 0 Å². The minimum atomic E-state index is -0.943. The summed E-state index contributed by atoms with van der Waals surface area (Å²) in [5.41, 5.74) is -0.951. The lowest BCUT2D eigenvalue weighted by Gasteiger charge is -2.28. The van der Waals surface area contributed by atoms with Gasteiger partial charge in [0.1, 0.15) is 46.3 Å². The topological polar surface area (TPSA) is 166 Å². The molecule has 0 radical (unpaired) electrons. The van der Waals surface area contributed by atoms with Crippen LogP contribution in [0, 0.1) is 0 Å². The fourth-order valence-corrected chi connectivity index (χ4v) is 5.95. The number of hydrogen-bond acceptors (Lipinski definition) is 11. The summed E-state index contributed by atoms with van der Waals surface area (Å²) in [5.74, 6) is -5.83. The number of ether oxygens (including phenoxy) is 4. The maximum absolute atomic E-state index is 14.1. The van der Waals surface area contributed by atoms with E-state index in [0.29, 0.717) is 22.9 Å². The minimum Gasteiger partial charge on any atom is -0.506 e. The van der Waals surface area contributed by atoms with Crippen molar-refractivity contribution in [3.05, 3.63) is 62.9 Å². The molecule has 0 aromatic heterocycles. The highest BCUT2D eigenvalue weighted by Gasteiger charge is 2.43. The second-order valence-corrected chi connectivity index (χ2v) is 10.2. The number of allylic oxidation sites excluding steroid dienone is 2. The summed E-state index contributed by atoms with van der Waals surface area (Å²) in [7, 11) is 2.45.